The first kappa shape index (κ1) is 10.5. The molecule has 16 heavy (non-hydrogen) atoms. The van der Waals surface area contributed by atoms with E-state index >= 15 is 0 Å². The van der Waals surface area contributed by atoms with Crippen LogP contribution in [0.25, 0.3) is 0 Å². The number of anilines is 1. The van der Waals surface area contributed by atoms with E-state index in [0.717, 1.165) is 17.1 Å². The molecule has 1 heterocycles. The van der Waals surface area contributed by atoms with Gasteiger partial charge in [-0.05, 0) is 6.07 Å². The monoisotopic (exact) mass is 217 g/mol. The molecule has 4 heteroatoms. The molecular weight excluding hydrogens is 202 g/mol. The average molecular weight is 217 g/mol. The summed E-state index contributed by atoms with van der Waals surface area (Å²) in [6, 6.07) is 9.89. The van der Waals surface area contributed by atoms with Crippen LogP contribution in [-0.2, 0) is 13.6 Å². The van der Waals surface area contributed by atoms with Gasteiger partial charge in [0.1, 0.15) is 11.6 Å². The van der Waals surface area contributed by atoms with Gasteiger partial charge in [-0.3, -0.25) is 4.68 Å². The summed E-state index contributed by atoms with van der Waals surface area (Å²) in [7, 11) is 3.58. The van der Waals surface area contributed by atoms with Crippen LogP contribution in [0.4, 0.5) is 5.82 Å². The van der Waals surface area contributed by atoms with Crippen molar-refractivity contribution in [3.8, 4) is 5.75 Å². The highest BCUT2D eigenvalue weighted by Gasteiger charge is 2.01. The highest BCUT2D eigenvalue weighted by Crippen LogP contribution is 2.18. The average Bonchev–Trinajstić information content (AvgIpc) is 2.73. The molecule has 0 atom stereocenters. The molecule has 2 aromatic rings. The fourth-order valence-corrected chi connectivity index (χ4v) is 1.54. The third kappa shape index (κ3) is 2.34. The van der Waals surface area contributed by atoms with Crippen molar-refractivity contribution in [1.82, 2.24) is 9.78 Å². The zero-order chi connectivity index (χ0) is 11.4. The lowest BCUT2D eigenvalue weighted by Gasteiger charge is -2.08. The van der Waals surface area contributed by atoms with Gasteiger partial charge in [-0.25, -0.2) is 0 Å². The fraction of sp³-hybridized carbons (Fsp3) is 0.250. The molecule has 0 aliphatic rings. The molecule has 4 nitrogen and oxygen atoms in total. The number of nitrogens with one attached hydrogen (secondary N) is 1. The van der Waals surface area contributed by atoms with Crippen molar-refractivity contribution < 1.29 is 4.74 Å². The van der Waals surface area contributed by atoms with Crippen LogP contribution in [0.1, 0.15) is 5.56 Å². The van der Waals surface area contributed by atoms with Gasteiger partial charge in [0.15, 0.2) is 0 Å². The summed E-state index contributed by atoms with van der Waals surface area (Å²) in [5, 5.41) is 7.49. The number of para-hydroxylation sites is 1. The summed E-state index contributed by atoms with van der Waals surface area (Å²) in [5.74, 6) is 1.76. The molecule has 2 rings (SSSR count). The number of hydrogen-bond acceptors (Lipinski definition) is 3. The number of rotatable bonds is 4. The lowest BCUT2D eigenvalue weighted by molar-refractivity contribution is 0.410. The van der Waals surface area contributed by atoms with Crippen LogP contribution in [-0.4, -0.2) is 16.9 Å². The largest absolute Gasteiger partial charge is 0.496 e. The Morgan fingerprint density at radius 3 is 2.81 bits per heavy atom. The van der Waals surface area contributed by atoms with E-state index in [-0.39, 0.29) is 0 Å². The highest BCUT2D eigenvalue weighted by molar-refractivity contribution is 5.39. The van der Waals surface area contributed by atoms with Gasteiger partial charge < -0.3 is 10.1 Å². The van der Waals surface area contributed by atoms with Crippen LogP contribution in [0.5, 0.6) is 5.75 Å². The first-order chi connectivity index (χ1) is 7.79. The number of aromatic nitrogens is 2. The summed E-state index contributed by atoms with van der Waals surface area (Å²) in [4.78, 5) is 0. The highest BCUT2D eigenvalue weighted by atomic mass is 16.5. The van der Waals surface area contributed by atoms with E-state index < -0.39 is 0 Å². The van der Waals surface area contributed by atoms with Gasteiger partial charge >= 0.3 is 0 Å². The topological polar surface area (TPSA) is 39.1 Å². The van der Waals surface area contributed by atoms with Crippen molar-refractivity contribution in [2.75, 3.05) is 12.4 Å². The van der Waals surface area contributed by atoms with Gasteiger partial charge in [-0.2, -0.15) is 5.10 Å². The third-order valence-corrected chi connectivity index (χ3v) is 2.37. The molecule has 0 unspecified atom stereocenters. The van der Waals surface area contributed by atoms with Crippen LogP contribution in [0.3, 0.4) is 0 Å². The van der Waals surface area contributed by atoms with Gasteiger partial charge in [-0.1, -0.05) is 18.2 Å². The Kier molecular flexibility index (Phi) is 3.10. The maximum atomic E-state index is 5.27. The predicted octanol–water partition coefficient (Wildman–Crippen LogP) is 2.04. The lowest BCUT2D eigenvalue weighted by Crippen LogP contribution is -2.02. The summed E-state index contributed by atoms with van der Waals surface area (Å²) in [6.07, 6.45) is 1.91. The van der Waals surface area contributed by atoms with Crippen molar-refractivity contribution in [2.45, 2.75) is 6.54 Å². The van der Waals surface area contributed by atoms with E-state index in [2.05, 4.69) is 10.4 Å². The summed E-state index contributed by atoms with van der Waals surface area (Å²) in [5.41, 5.74) is 1.12. The Balaban J connectivity index is 2.04. The molecule has 1 aromatic heterocycles. The van der Waals surface area contributed by atoms with Crippen LogP contribution in [0, 0.1) is 0 Å². The zero-order valence-corrected chi connectivity index (χ0v) is 9.47. The molecule has 0 fully saturated rings. The van der Waals surface area contributed by atoms with Gasteiger partial charge in [-0.15, -0.1) is 0 Å². The number of aryl methyl sites for hydroxylation is 1. The van der Waals surface area contributed by atoms with Crippen molar-refractivity contribution in [3.05, 3.63) is 42.1 Å². The first-order valence-corrected chi connectivity index (χ1v) is 5.15. The molecule has 84 valence electrons. The minimum atomic E-state index is 0.709. The molecule has 1 N–H and O–H groups in total. The minimum absolute atomic E-state index is 0.709. The Hall–Kier alpha value is -1.97. The van der Waals surface area contributed by atoms with Crippen molar-refractivity contribution in [2.24, 2.45) is 7.05 Å². The number of nitrogens with zero attached hydrogens (tertiary/aromatic N) is 2. The molecule has 0 amide bonds. The SMILES string of the molecule is COc1ccccc1CNc1ccn(C)n1. The van der Waals surface area contributed by atoms with E-state index in [1.54, 1.807) is 11.8 Å². The van der Waals surface area contributed by atoms with Crippen LogP contribution < -0.4 is 10.1 Å². The molecule has 0 aliphatic carbocycles. The molecular formula is C12H15N3O. The normalized spacial score (nSPS) is 10.1. The molecule has 1 aromatic carbocycles. The van der Waals surface area contributed by atoms with E-state index in [1.165, 1.54) is 0 Å². The Labute approximate surface area is 94.9 Å². The maximum absolute atomic E-state index is 5.27. The molecule has 0 spiro atoms. The van der Waals surface area contributed by atoms with Gasteiger partial charge in [0.2, 0.25) is 0 Å². The summed E-state index contributed by atoms with van der Waals surface area (Å²) >= 11 is 0. The molecule has 0 radical (unpaired) electrons. The van der Waals surface area contributed by atoms with Gasteiger partial charge in [0, 0.05) is 31.4 Å². The van der Waals surface area contributed by atoms with Crippen molar-refractivity contribution in [3.63, 3.8) is 0 Å². The second-order valence-electron chi connectivity index (χ2n) is 3.54. The predicted molar refractivity (Wildman–Crippen MR) is 63.5 cm³/mol. The van der Waals surface area contributed by atoms with Crippen LogP contribution in [0.15, 0.2) is 36.5 Å². The standard InChI is InChI=1S/C12H15N3O/c1-15-8-7-12(14-15)13-9-10-5-3-4-6-11(10)16-2/h3-8H,9H2,1-2H3,(H,13,14). The lowest BCUT2D eigenvalue weighted by atomic mass is 10.2. The molecule has 0 bridgehead atoms. The number of ether oxygens (including phenoxy) is 1. The number of benzene rings is 1. The van der Waals surface area contributed by atoms with Crippen LogP contribution in [0.2, 0.25) is 0 Å². The van der Waals surface area contributed by atoms with E-state index in [1.807, 2.05) is 43.6 Å². The third-order valence-electron chi connectivity index (χ3n) is 2.37. The molecule has 0 saturated carbocycles. The summed E-state index contributed by atoms with van der Waals surface area (Å²) < 4.78 is 7.04. The first-order valence-electron chi connectivity index (χ1n) is 5.15. The van der Waals surface area contributed by atoms with E-state index in [0.29, 0.717) is 6.54 Å². The minimum Gasteiger partial charge on any atom is -0.496 e. The Morgan fingerprint density at radius 1 is 1.31 bits per heavy atom. The summed E-state index contributed by atoms with van der Waals surface area (Å²) in [6.45, 7) is 0.709. The molecule has 0 saturated heterocycles. The van der Waals surface area contributed by atoms with Crippen molar-refractivity contribution >= 4 is 5.82 Å². The smallest absolute Gasteiger partial charge is 0.148 e. The number of hydrogen-bond donors (Lipinski definition) is 1. The quantitative estimate of drug-likeness (QED) is 0.851. The fourth-order valence-electron chi connectivity index (χ4n) is 1.54. The van der Waals surface area contributed by atoms with Crippen molar-refractivity contribution in [1.29, 1.82) is 0 Å². The van der Waals surface area contributed by atoms with E-state index in [9.17, 15) is 0 Å². The Morgan fingerprint density at radius 2 is 2.12 bits per heavy atom. The maximum Gasteiger partial charge on any atom is 0.148 e. The Bertz CT molecular complexity index is 465. The second kappa shape index (κ2) is 4.70. The second-order valence-corrected chi connectivity index (χ2v) is 3.54. The van der Waals surface area contributed by atoms with Gasteiger partial charge in [0.25, 0.3) is 0 Å². The number of methoxy groups -OCH3 is 1. The zero-order valence-electron chi connectivity index (χ0n) is 9.47. The van der Waals surface area contributed by atoms with Crippen LogP contribution >= 0.6 is 0 Å². The van der Waals surface area contributed by atoms with Gasteiger partial charge in [0.05, 0.1) is 7.11 Å². The molecule has 0 aliphatic heterocycles. The van der Waals surface area contributed by atoms with E-state index in [4.69, 9.17) is 4.74 Å².